The zero-order valence-electron chi connectivity index (χ0n) is 19.7. The summed E-state index contributed by atoms with van der Waals surface area (Å²) in [6.45, 7) is 6.68. The van der Waals surface area contributed by atoms with Gasteiger partial charge in [-0.3, -0.25) is 19.3 Å². The number of aliphatic hydroxyl groups is 1. The van der Waals surface area contributed by atoms with Crippen LogP contribution in [0.1, 0.15) is 57.4 Å². The number of anilines is 1. The molecule has 0 spiro atoms. The topological polar surface area (TPSA) is 148 Å². The average molecular weight is 456 g/mol. The molecule has 0 amide bonds. The Morgan fingerprint density at radius 3 is 2.09 bits per heavy atom. The molecule has 0 aromatic carbocycles. The molecule has 0 aliphatic heterocycles. The maximum atomic E-state index is 11.7. The van der Waals surface area contributed by atoms with E-state index in [1.807, 2.05) is 20.8 Å². The smallest absolute Gasteiger partial charge is 0.317 e. The second-order valence-electron chi connectivity index (χ2n) is 6.51. The quantitative estimate of drug-likeness (QED) is 0.281. The molecule has 0 aliphatic rings. The number of carboxylic acid groups (broad SMARTS) is 2. The van der Waals surface area contributed by atoms with Gasteiger partial charge >= 0.3 is 11.9 Å². The third-order valence-electron chi connectivity index (χ3n) is 4.18. The number of hydrogen-bond acceptors (Lipinski definition) is 8. The fourth-order valence-electron chi connectivity index (χ4n) is 2.94. The maximum Gasteiger partial charge on any atom is 0.317 e. The van der Waals surface area contributed by atoms with Gasteiger partial charge in [-0.25, -0.2) is 4.98 Å². The van der Waals surface area contributed by atoms with Gasteiger partial charge in [-0.1, -0.05) is 39.7 Å². The van der Waals surface area contributed by atoms with Crippen LogP contribution in [0.2, 0.25) is 0 Å². The van der Waals surface area contributed by atoms with Gasteiger partial charge in [0.05, 0.1) is 19.6 Å². The molecule has 1 unspecified atom stereocenters. The Balaban J connectivity index is 0. The number of pyridine rings is 1. The van der Waals surface area contributed by atoms with Crippen LogP contribution in [-0.2, 0) is 14.4 Å². The third-order valence-corrected chi connectivity index (χ3v) is 4.18. The minimum absolute atomic E-state index is 0.00325. The number of carbonyl (C=O) groups is 4. The van der Waals surface area contributed by atoms with Crippen LogP contribution in [0.15, 0.2) is 18.2 Å². The van der Waals surface area contributed by atoms with E-state index in [4.69, 9.17) is 15.3 Å². The number of Topliss-reactive ketones (excluding diaryl/α,β-unsaturated/α-hetero) is 1. The number of aliphatic hydroxyl groups excluding tert-OH is 1. The fourth-order valence-corrected chi connectivity index (χ4v) is 2.94. The standard InChI is InChI=1S/C19H27N3O6.C2H6.CH4O/c1-3-4-6-15(11-21(12-18(25)26)13-19(27)28)22(9-10-23)17-8-5-7-16(20-17)14(2)24;2*1-2/h5,7-8,10,15H,3-4,6,9,11-13H2,1-2H3,(H,25,26)(H,27,28);1-2H3;2H,1H3. The summed E-state index contributed by atoms with van der Waals surface area (Å²) in [7, 11) is 1.00. The molecule has 1 aromatic heterocycles. The predicted molar refractivity (Wildman–Crippen MR) is 122 cm³/mol. The molecule has 0 saturated heterocycles. The van der Waals surface area contributed by atoms with E-state index >= 15 is 0 Å². The summed E-state index contributed by atoms with van der Waals surface area (Å²) in [5.41, 5.74) is 0.260. The highest BCUT2D eigenvalue weighted by atomic mass is 16.4. The lowest BCUT2D eigenvalue weighted by Crippen LogP contribution is -2.48. The van der Waals surface area contributed by atoms with E-state index in [0.29, 0.717) is 18.5 Å². The van der Waals surface area contributed by atoms with Gasteiger partial charge in [0.25, 0.3) is 0 Å². The number of carbonyl (C=O) groups excluding carboxylic acids is 2. The van der Waals surface area contributed by atoms with Crippen LogP contribution >= 0.6 is 0 Å². The van der Waals surface area contributed by atoms with Gasteiger partial charge in [0, 0.05) is 26.6 Å². The number of nitrogens with zero attached hydrogens (tertiary/aromatic N) is 3. The number of aromatic nitrogens is 1. The highest BCUT2D eigenvalue weighted by Crippen LogP contribution is 2.19. The van der Waals surface area contributed by atoms with E-state index in [0.717, 1.165) is 20.0 Å². The van der Waals surface area contributed by atoms with Gasteiger partial charge in [0.2, 0.25) is 0 Å². The molecule has 0 aliphatic carbocycles. The summed E-state index contributed by atoms with van der Waals surface area (Å²) in [5.74, 6) is -2.05. The average Bonchev–Trinajstić information content (AvgIpc) is 2.77. The van der Waals surface area contributed by atoms with Crippen LogP contribution < -0.4 is 4.90 Å². The van der Waals surface area contributed by atoms with Crippen LogP contribution in [0, 0.1) is 0 Å². The van der Waals surface area contributed by atoms with E-state index in [1.54, 1.807) is 23.1 Å². The number of aldehydes is 1. The van der Waals surface area contributed by atoms with Crippen LogP contribution in [0.25, 0.3) is 0 Å². The van der Waals surface area contributed by atoms with E-state index in [2.05, 4.69) is 4.98 Å². The van der Waals surface area contributed by atoms with Gasteiger partial charge in [-0.15, -0.1) is 0 Å². The Morgan fingerprint density at radius 2 is 1.66 bits per heavy atom. The Hall–Kier alpha value is -2.85. The molecular formula is C22H37N3O7. The van der Waals surface area contributed by atoms with Crippen molar-refractivity contribution in [1.29, 1.82) is 0 Å². The van der Waals surface area contributed by atoms with E-state index in [1.165, 1.54) is 11.8 Å². The van der Waals surface area contributed by atoms with Crippen molar-refractivity contribution in [2.45, 2.75) is 53.0 Å². The SMILES string of the molecule is CC.CCCCC(CN(CC(=O)O)CC(=O)O)N(CC=O)c1cccc(C(C)=O)n1.CO. The highest BCUT2D eigenvalue weighted by molar-refractivity contribution is 5.92. The van der Waals surface area contributed by atoms with Crippen molar-refractivity contribution in [3.8, 4) is 0 Å². The number of unbranched alkanes of at least 4 members (excludes halogenated alkanes) is 1. The number of rotatable bonds is 14. The van der Waals surface area contributed by atoms with Gasteiger partial charge in [0.1, 0.15) is 17.8 Å². The van der Waals surface area contributed by atoms with Crippen molar-refractivity contribution in [3.63, 3.8) is 0 Å². The number of aliphatic carboxylic acids is 2. The molecule has 32 heavy (non-hydrogen) atoms. The van der Waals surface area contributed by atoms with Gasteiger partial charge in [-0.2, -0.15) is 0 Å². The van der Waals surface area contributed by atoms with Crippen molar-refractivity contribution >= 4 is 29.8 Å². The summed E-state index contributed by atoms with van der Waals surface area (Å²) in [6.07, 6.45) is 3.01. The summed E-state index contributed by atoms with van der Waals surface area (Å²) in [5, 5.41) is 25.2. The predicted octanol–water partition coefficient (Wildman–Crippen LogP) is 1.95. The van der Waals surface area contributed by atoms with Crippen molar-refractivity contribution in [2.75, 3.05) is 38.2 Å². The summed E-state index contributed by atoms with van der Waals surface area (Å²) in [6, 6.07) is 4.58. The number of carboxylic acids is 2. The highest BCUT2D eigenvalue weighted by Gasteiger charge is 2.25. The second kappa shape index (κ2) is 18.9. The molecule has 10 nitrogen and oxygen atoms in total. The molecule has 182 valence electrons. The Labute approximate surface area is 189 Å². The first-order chi connectivity index (χ1) is 15.3. The van der Waals surface area contributed by atoms with Crippen LogP contribution in [-0.4, -0.2) is 88.5 Å². The molecule has 0 bridgehead atoms. The third kappa shape index (κ3) is 12.8. The lowest BCUT2D eigenvalue weighted by atomic mass is 10.1. The lowest BCUT2D eigenvalue weighted by Gasteiger charge is -2.34. The van der Waals surface area contributed by atoms with Crippen molar-refractivity contribution in [1.82, 2.24) is 9.88 Å². The molecule has 10 heteroatoms. The van der Waals surface area contributed by atoms with Gasteiger partial charge in [0.15, 0.2) is 5.78 Å². The molecule has 1 atom stereocenters. The molecule has 0 fully saturated rings. The first kappa shape index (κ1) is 31.3. The molecule has 0 saturated carbocycles. The van der Waals surface area contributed by atoms with E-state index in [-0.39, 0.29) is 30.6 Å². The summed E-state index contributed by atoms with van der Waals surface area (Å²) < 4.78 is 0. The molecule has 3 N–H and O–H groups in total. The second-order valence-corrected chi connectivity index (χ2v) is 6.51. The van der Waals surface area contributed by atoms with Gasteiger partial charge in [-0.05, 0) is 18.6 Å². The minimum atomic E-state index is -1.13. The molecule has 1 heterocycles. The van der Waals surface area contributed by atoms with Crippen molar-refractivity contribution in [3.05, 3.63) is 23.9 Å². The number of ketones is 1. The molecule has 1 aromatic rings. The Kier molecular flexibility index (Phi) is 18.5. The molecular weight excluding hydrogens is 418 g/mol. The zero-order chi connectivity index (χ0) is 25.1. The van der Waals surface area contributed by atoms with Crippen molar-refractivity contribution in [2.24, 2.45) is 0 Å². The largest absolute Gasteiger partial charge is 0.480 e. The molecule has 1 rings (SSSR count). The van der Waals surface area contributed by atoms with E-state index < -0.39 is 25.0 Å². The number of hydrogen-bond donors (Lipinski definition) is 3. The van der Waals surface area contributed by atoms with Crippen LogP contribution in [0.3, 0.4) is 0 Å². The summed E-state index contributed by atoms with van der Waals surface area (Å²) >= 11 is 0. The first-order valence-electron chi connectivity index (χ1n) is 10.6. The first-order valence-corrected chi connectivity index (χ1v) is 10.6. The summed E-state index contributed by atoms with van der Waals surface area (Å²) in [4.78, 5) is 52.5. The lowest BCUT2D eigenvalue weighted by molar-refractivity contribution is -0.141. The van der Waals surface area contributed by atoms with Crippen LogP contribution in [0.5, 0.6) is 0 Å². The van der Waals surface area contributed by atoms with E-state index in [9.17, 15) is 19.2 Å². The molecule has 0 radical (unpaired) electrons. The maximum absolute atomic E-state index is 11.7. The van der Waals surface area contributed by atoms with Crippen molar-refractivity contribution < 1.29 is 34.5 Å². The minimum Gasteiger partial charge on any atom is -0.480 e. The van der Waals surface area contributed by atoms with Crippen LogP contribution in [0.4, 0.5) is 5.82 Å². The fraction of sp³-hybridized carbons (Fsp3) is 0.591. The normalized spacial score (nSPS) is 10.7. The Morgan fingerprint density at radius 1 is 1.09 bits per heavy atom. The van der Waals surface area contributed by atoms with Gasteiger partial charge < -0.3 is 25.0 Å². The Bertz CT molecular complexity index is 682. The monoisotopic (exact) mass is 455 g/mol. The zero-order valence-corrected chi connectivity index (χ0v) is 19.7.